The topological polar surface area (TPSA) is 109 Å². The van der Waals surface area contributed by atoms with Gasteiger partial charge in [0.05, 0.1) is 0 Å². The van der Waals surface area contributed by atoms with Gasteiger partial charge in [-0.2, -0.15) is 4.98 Å². The summed E-state index contributed by atoms with van der Waals surface area (Å²) in [7, 11) is 4.70. The molecule has 1 aromatic carbocycles. The van der Waals surface area contributed by atoms with E-state index in [1.54, 1.807) is 12.4 Å². The molecule has 3 heterocycles. The second-order valence-corrected chi connectivity index (χ2v) is 7.49. The Bertz CT molecular complexity index is 1400. The van der Waals surface area contributed by atoms with Crippen LogP contribution in [0.15, 0.2) is 52.3 Å². The van der Waals surface area contributed by atoms with Crippen molar-refractivity contribution in [3.8, 4) is 0 Å². The molecule has 0 aliphatic carbocycles. The van der Waals surface area contributed by atoms with Crippen LogP contribution in [0.2, 0.25) is 5.28 Å². The number of benzene rings is 1. The van der Waals surface area contributed by atoms with Gasteiger partial charge in [-0.15, -0.1) is 0 Å². The molecule has 0 unspecified atom stereocenters. The van der Waals surface area contributed by atoms with Gasteiger partial charge in [0, 0.05) is 33.5 Å². The molecule has 160 valence electrons. The Morgan fingerprint density at radius 1 is 1.13 bits per heavy atom. The maximum atomic E-state index is 13.0. The van der Waals surface area contributed by atoms with E-state index >= 15 is 0 Å². The first-order chi connectivity index (χ1) is 14.8. The zero-order valence-corrected chi connectivity index (χ0v) is 17.9. The number of aryl methyl sites for hydroxylation is 2. The Morgan fingerprint density at radius 2 is 1.84 bits per heavy atom. The van der Waals surface area contributed by atoms with Gasteiger partial charge in [-0.1, -0.05) is 30.3 Å². The van der Waals surface area contributed by atoms with Crippen LogP contribution in [0.4, 0.5) is 0 Å². The predicted octanol–water partition coefficient (Wildman–Crippen LogP) is 0.726. The highest BCUT2D eigenvalue weighted by molar-refractivity contribution is 6.29. The minimum absolute atomic E-state index is 0.0586. The number of hydrogen-bond acceptors (Lipinski definition) is 5. The van der Waals surface area contributed by atoms with Crippen molar-refractivity contribution < 1.29 is 4.79 Å². The maximum absolute atomic E-state index is 13.0. The second-order valence-electron chi connectivity index (χ2n) is 7.15. The number of hydrogen-bond donors (Lipinski definition) is 1. The number of carbonyl (C=O) groups excluding carboxylic acids is 1. The summed E-state index contributed by atoms with van der Waals surface area (Å²) in [6.45, 7) is -0.253. The van der Waals surface area contributed by atoms with Gasteiger partial charge in [0.15, 0.2) is 11.2 Å². The third-order valence-electron chi connectivity index (χ3n) is 5.16. The molecule has 31 heavy (non-hydrogen) atoms. The van der Waals surface area contributed by atoms with Crippen molar-refractivity contribution in [1.29, 1.82) is 0 Å². The highest BCUT2D eigenvalue weighted by Gasteiger charge is 2.23. The maximum Gasteiger partial charge on any atom is 0.332 e. The Kier molecular flexibility index (Phi) is 5.24. The summed E-state index contributed by atoms with van der Waals surface area (Å²) in [5, 5.41) is 2.90. The number of fused-ring (bicyclic) bond motifs is 1. The smallest absolute Gasteiger partial charge is 0.332 e. The van der Waals surface area contributed by atoms with Gasteiger partial charge in [-0.25, -0.2) is 9.78 Å². The lowest BCUT2D eigenvalue weighted by atomic mass is 10.1. The van der Waals surface area contributed by atoms with Crippen LogP contribution < -0.4 is 16.6 Å². The third-order valence-corrected chi connectivity index (χ3v) is 5.45. The SMILES string of the molecule is Cn1ccnc1[C@@H](NC(=O)Cn1c(Cl)nc2c1c(=O)n(C)c(=O)n2C)c1ccccc1. The first kappa shape index (κ1) is 20.6. The summed E-state index contributed by atoms with van der Waals surface area (Å²) in [5.41, 5.74) is -0.0473. The van der Waals surface area contributed by atoms with E-state index in [2.05, 4.69) is 15.3 Å². The fraction of sp³-hybridized carbons (Fsp3) is 0.250. The molecule has 3 aromatic heterocycles. The van der Waals surface area contributed by atoms with E-state index in [1.807, 2.05) is 41.9 Å². The first-order valence-corrected chi connectivity index (χ1v) is 9.80. The molecule has 0 bridgehead atoms. The third kappa shape index (κ3) is 3.55. The molecule has 0 aliphatic heterocycles. The van der Waals surface area contributed by atoms with Crippen molar-refractivity contribution in [2.75, 3.05) is 0 Å². The summed E-state index contributed by atoms with van der Waals surface area (Å²) < 4.78 is 5.30. The largest absolute Gasteiger partial charge is 0.341 e. The predicted molar refractivity (Wildman–Crippen MR) is 115 cm³/mol. The lowest BCUT2D eigenvalue weighted by Gasteiger charge is -2.19. The number of imidazole rings is 2. The average molecular weight is 442 g/mol. The average Bonchev–Trinajstić information content (AvgIpc) is 3.33. The molecule has 4 aromatic rings. The summed E-state index contributed by atoms with van der Waals surface area (Å²) in [5.74, 6) is 0.258. The van der Waals surface area contributed by atoms with Gasteiger partial charge in [0.1, 0.15) is 18.4 Å². The highest BCUT2D eigenvalue weighted by Crippen LogP contribution is 2.21. The number of amides is 1. The van der Waals surface area contributed by atoms with Crippen LogP contribution in [0.5, 0.6) is 0 Å². The zero-order valence-electron chi connectivity index (χ0n) is 17.1. The number of nitrogens with one attached hydrogen (secondary N) is 1. The Morgan fingerprint density at radius 3 is 2.48 bits per heavy atom. The second kappa shape index (κ2) is 7.88. The molecule has 0 fully saturated rings. The first-order valence-electron chi connectivity index (χ1n) is 9.43. The van der Waals surface area contributed by atoms with Crippen LogP contribution in [0.25, 0.3) is 11.2 Å². The van der Waals surface area contributed by atoms with Gasteiger partial charge in [0.25, 0.3) is 5.56 Å². The van der Waals surface area contributed by atoms with Crippen molar-refractivity contribution >= 4 is 28.7 Å². The fourth-order valence-electron chi connectivity index (χ4n) is 3.51. The van der Waals surface area contributed by atoms with Crippen LogP contribution >= 0.6 is 11.6 Å². The molecular formula is C20H20ClN7O3. The Balaban J connectivity index is 1.72. The van der Waals surface area contributed by atoms with Crippen molar-refractivity contribution in [3.63, 3.8) is 0 Å². The van der Waals surface area contributed by atoms with E-state index in [1.165, 1.54) is 23.2 Å². The number of carbonyl (C=O) groups is 1. The summed E-state index contributed by atoms with van der Waals surface area (Å²) in [6, 6.07) is 8.92. The molecule has 11 heteroatoms. The van der Waals surface area contributed by atoms with E-state index in [0.29, 0.717) is 5.82 Å². The van der Waals surface area contributed by atoms with E-state index < -0.39 is 23.2 Å². The normalized spacial score (nSPS) is 12.3. The Labute approximate surface area is 181 Å². The molecule has 0 aliphatic rings. The lowest BCUT2D eigenvalue weighted by molar-refractivity contribution is -0.122. The van der Waals surface area contributed by atoms with Crippen molar-refractivity contribution in [2.45, 2.75) is 12.6 Å². The molecular weight excluding hydrogens is 422 g/mol. The highest BCUT2D eigenvalue weighted by atomic mass is 35.5. The number of rotatable bonds is 5. The number of nitrogens with zero attached hydrogens (tertiary/aromatic N) is 6. The Hall–Kier alpha value is -3.66. The molecule has 10 nitrogen and oxygen atoms in total. The van der Waals surface area contributed by atoms with Gasteiger partial charge in [-0.05, 0) is 17.2 Å². The van der Waals surface area contributed by atoms with Crippen LogP contribution in [0.1, 0.15) is 17.4 Å². The summed E-state index contributed by atoms with van der Waals surface area (Å²) in [6.07, 6.45) is 3.45. The molecule has 4 rings (SSSR count). The molecule has 1 atom stereocenters. The van der Waals surface area contributed by atoms with E-state index in [0.717, 1.165) is 10.1 Å². The van der Waals surface area contributed by atoms with Gasteiger partial charge in [0.2, 0.25) is 11.2 Å². The number of aromatic nitrogens is 6. The van der Waals surface area contributed by atoms with Crippen molar-refractivity contribution in [1.82, 2.24) is 33.6 Å². The minimum atomic E-state index is -0.575. The van der Waals surface area contributed by atoms with E-state index in [-0.39, 0.29) is 23.0 Å². The zero-order chi connectivity index (χ0) is 22.3. The van der Waals surface area contributed by atoms with Crippen molar-refractivity contribution in [2.24, 2.45) is 21.1 Å². The molecule has 1 amide bonds. The quantitative estimate of drug-likeness (QED) is 0.459. The molecule has 1 N–H and O–H groups in total. The van der Waals surface area contributed by atoms with Gasteiger partial charge >= 0.3 is 5.69 Å². The molecule has 0 radical (unpaired) electrons. The number of halogens is 1. The van der Waals surface area contributed by atoms with Crippen molar-refractivity contribution in [3.05, 3.63) is 80.2 Å². The van der Waals surface area contributed by atoms with Crippen LogP contribution in [0.3, 0.4) is 0 Å². The summed E-state index contributed by atoms with van der Waals surface area (Å²) >= 11 is 6.23. The lowest BCUT2D eigenvalue weighted by Crippen LogP contribution is -2.38. The van der Waals surface area contributed by atoms with Gasteiger partial charge < -0.3 is 9.88 Å². The fourth-order valence-corrected chi connectivity index (χ4v) is 3.74. The monoisotopic (exact) mass is 441 g/mol. The standard InChI is InChI=1S/C20H20ClN7O3/c1-25-10-9-22-16(25)14(12-7-5-4-6-8-12)23-13(29)11-28-15-17(24-19(28)21)26(2)20(31)27(3)18(15)30/h4-10,14H,11H2,1-3H3,(H,23,29)/t14-/m0/s1. The minimum Gasteiger partial charge on any atom is -0.341 e. The molecule has 0 spiro atoms. The van der Waals surface area contributed by atoms with E-state index in [9.17, 15) is 14.4 Å². The van der Waals surface area contributed by atoms with Crippen LogP contribution in [-0.4, -0.2) is 34.1 Å². The van der Waals surface area contributed by atoms with E-state index in [4.69, 9.17) is 11.6 Å². The summed E-state index contributed by atoms with van der Waals surface area (Å²) in [4.78, 5) is 46.3. The molecule has 0 saturated carbocycles. The molecule has 0 saturated heterocycles. The van der Waals surface area contributed by atoms with Gasteiger partial charge in [-0.3, -0.25) is 23.3 Å². The van der Waals surface area contributed by atoms with Crippen LogP contribution in [-0.2, 0) is 32.5 Å². The van der Waals surface area contributed by atoms with Crippen LogP contribution in [0, 0.1) is 0 Å².